The van der Waals surface area contributed by atoms with Gasteiger partial charge in [-0.3, -0.25) is 0 Å². The van der Waals surface area contributed by atoms with Gasteiger partial charge in [0.25, 0.3) is 0 Å². The largest absolute Gasteiger partial charge is 0.459 e. The van der Waals surface area contributed by atoms with Gasteiger partial charge in [-0.15, -0.1) is 0 Å². The summed E-state index contributed by atoms with van der Waals surface area (Å²) >= 11 is 0. The summed E-state index contributed by atoms with van der Waals surface area (Å²) in [5, 5.41) is 0. The van der Waals surface area contributed by atoms with Gasteiger partial charge in [-0.25, -0.2) is 9.59 Å². The predicted molar refractivity (Wildman–Crippen MR) is 128 cm³/mol. The molecule has 4 heteroatoms. The van der Waals surface area contributed by atoms with Gasteiger partial charge in [0, 0.05) is 0 Å². The number of hydrogen-bond acceptors (Lipinski definition) is 4. The third-order valence-corrected chi connectivity index (χ3v) is 7.70. The van der Waals surface area contributed by atoms with Crippen LogP contribution in [0.1, 0.15) is 114 Å². The van der Waals surface area contributed by atoms with E-state index in [9.17, 15) is 9.59 Å². The second kappa shape index (κ2) is 9.97. The van der Waals surface area contributed by atoms with Gasteiger partial charge in [0.15, 0.2) is 0 Å². The van der Waals surface area contributed by atoms with Crippen molar-refractivity contribution in [2.45, 2.75) is 105 Å². The normalized spacial score (nSPS) is 26.9. The number of carbonyl (C=O) groups excluding carboxylic acids is 2. The lowest BCUT2D eigenvalue weighted by Gasteiger charge is -2.36. The van der Waals surface area contributed by atoms with E-state index in [-0.39, 0.29) is 24.1 Å². The second-order valence-electron chi connectivity index (χ2n) is 12.1. The van der Waals surface area contributed by atoms with Gasteiger partial charge >= 0.3 is 11.9 Å². The molecular weight excluding hydrogens is 400 g/mol. The van der Waals surface area contributed by atoms with Crippen LogP contribution in [-0.2, 0) is 9.47 Å². The van der Waals surface area contributed by atoms with Crippen LogP contribution in [0, 0.1) is 22.7 Å². The Balaban J connectivity index is 1.46. The number of rotatable bonds is 4. The van der Waals surface area contributed by atoms with Crippen LogP contribution in [0.4, 0.5) is 0 Å². The Morgan fingerprint density at radius 1 is 0.594 bits per heavy atom. The van der Waals surface area contributed by atoms with Crippen molar-refractivity contribution in [3.63, 3.8) is 0 Å². The average Bonchev–Trinajstić information content (AvgIpc) is 2.73. The molecule has 0 heterocycles. The first kappa shape index (κ1) is 24.8. The lowest BCUT2D eigenvalue weighted by atomic mass is 9.72. The predicted octanol–water partition coefficient (Wildman–Crippen LogP) is 7.21. The van der Waals surface area contributed by atoms with Crippen molar-refractivity contribution < 1.29 is 19.1 Å². The summed E-state index contributed by atoms with van der Waals surface area (Å²) in [5.41, 5.74) is 1.60. The third kappa shape index (κ3) is 6.59. The molecule has 2 aliphatic carbocycles. The summed E-state index contributed by atoms with van der Waals surface area (Å²) < 4.78 is 11.5. The minimum atomic E-state index is -0.301. The standard InChI is InChI=1S/C28H42O4/c1-27(2,3)21-11-15-23(16-12-21)31-25(29)19-7-9-20(10-8-19)26(30)32-24-17-13-22(14-18-24)28(4,5)6/h7-10,21-24H,11-18H2,1-6H3. The van der Waals surface area contributed by atoms with Crippen LogP contribution < -0.4 is 0 Å². The van der Waals surface area contributed by atoms with Gasteiger partial charge in [-0.2, -0.15) is 0 Å². The van der Waals surface area contributed by atoms with Crippen LogP contribution in [0.5, 0.6) is 0 Å². The molecule has 0 amide bonds. The molecule has 0 radical (unpaired) electrons. The van der Waals surface area contributed by atoms with Crippen molar-refractivity contribution >= 4 is 11.9 Å². The molecule has 0 N–H and O–H groups in total. The number of carbonyl (C=O) groups is 2. The van der Waals surface area contributed by atoms with Crippen molar-refractivity contribution in [2.75, 3.05) is 0 Å². The molecular formula is C28H42O4. The Labute approximate surface area is 194 Å². The molecule has 32 heavy (non-hydrogen) atoms. The molecule has 0 atom stereocenters. The van der Waals surface area contributed by atoms with E-state index in [1.165, 1.54) is 0 Å². The van der Waals surface area contributed by atoms with Crippen molar-refractivity contribution in [3.05, 3.63) is 35.4 Å². The monoisotopic (exact) mass is 442 g/mol. The van der Waals surface area contributed by atoms with E-state index < -0.39 is 0 Å². The van der Waals surface area contributed by atoms with Crippen LogP contribution >= 0.6 is 0 Å². The molecule has 0 saturated heterocycles. The highest BCUT2D eigenvalue weighted by atomic mass is 16.5. The third-order valence-electron chi connectivity index (χ3n) is 7.70. The van der Waals surface area contributed by atoms with Crippen LogP contribution in [0.3, 0.4) is 0 Å². The minimum Gasteiger partial charge on any atom is -0.459 e. The summed E-state index contributed by atoms with van der Waals surface area (Å²) in [4.78, 5) is 25.1. The molecule has 2 aliphatic rings. The average molecular weight is 443 g/mol. The first-order chi connectivity index (χ1) is 14.9. The summed E-state index contributed by atoms with van der Waals surface area (Å²) in [7, 11) is 0. The SMILES string of the molecule is CC(C)(C)C1CCC(OC(=O)c2ccc(C(=O)OC3CCC(C(C)(C)C)CC3)cc2)CC1. The Morgan fingerprint density at radius 2 is 0.875 bits per heavy atom. The van der Waals surface area contributed by atoms with Crippen LogP contribution in [0.25, 0.3) is 0 Å². The summed E-state index contributed by atoms with van der Waals surface area (Å²) in [5.74, 6) is 0.770. The van der Waals surface area contributed by atoms with Gasteiger partial charge in [0.1, 0.15) is 12.2 Å². The fourth-order valence-corrected chi connectivity index (χ4v) is 5.27. The van der Waals surface area contributed by atoms with Crippen molar-refractivity contribution in [2.24, 2.45) is 22.7 Å². The number of ether oxygens (including phenoxy) is 2. The van der Waals surface area contributed by atoms with E-state index in [2.05, 4.69) is 41.5 Å². The van der Waals surface area contributed by atoms with Gasteiger partial charge in [-0.1, -0.05) is 41.5 Å². The highest BCUT2D eigenvalue weighted by Crippen LogP contribution is 2.39. The number of hydrogen-bond donors (Lipinski definition) is 0. The van der Waals surface area contributed by atoms with Crippen LogP contribution in [0.15, 0.2) is 24.3 Å². The zero-order valence-electron chi connectivity index (χ0n) is 20.9. The van der Waals surface area contributed by atoms with E-state index in [1.807, 2.05) is 0 Å². The molecule has 0 bridgehead atoms. The van der Waals surface area contributed by atoms with Gasteiger partial charge < -0.3 is 9.47 Å². The van der Waals surface area contributed by atoms with Crippen molar-refractivity contribution in [1.82, 2.24) is 0 Å². The molecule has 0 unspecified atom stereocenters. The van der Waals surface area contributed by atoms with Crippen molar-refractivity contribution in [1.29, 1.82) is 0 Å². The minimum absolute atomic E-state index is 0.00559. The number of benzene rings is 1. The molecule has 1 aromatic carbocycles. The van der Waals surface area contributed by atoms with E-state index >= 15 is 0 Å². The zero-order chi connectivity index (χ0) is 23.5. The highest BCUT2D eigenvalue weighted by Gasteiger charge is 2.32. The second-order valence-corrected chi connectivity index (χ2v) is 12.1. The van der Waals surface area contributed by atoms with Gasteiger partial charge in [-0.05, 0) is 98.3 Å². The molecule has 178 valence electrons. The molecule has 0 spiro atoms. The maximum Gasteiger partial charge on any atom is 0.338 e. The van der Waals surface area contributed by atoms with Crippen LogP contribution in [0.2, 0.25) is 0 Å². The molecule has 4 nitrogen and oxygen atoms in total. The Bertz CT molecular complexity index is 698. The van der Waals surface area contributed by atoms with Gasteiger partial charge in [0.2, 0.25) is 0 Å². The lowest BCUT2D eigenvalue weighted by molar-refractivity contribution is 0.00791. The van der Waals surface area contributed by atoms with E-state index in [0.29, 0.717) is 33.8 Å². The maximum absolute atomic E-state index is 12.6. The maximum atomic E-state index is 12.6. The Kier molecular flexibility index (Phi) is 7.73. The summed E-state index contributed by atoms with van der Waals surface area (Å²) in [6.45, 7) is 13.7. The Morgan fingerprint density at radius 3 is 1.12 bits per heavy atom. The molecule has 1 aromatic rings. The van der Waals surface area contributed by atoms with Crippen molar-refractivity contribution in [3.8, 4) is 0 Å². The smallest absolute Gasteiger partial charge is 0.338 e. The first-order valence-electron chi connectivity index (χ1n) is 12.5. The van der Waals surface area contributed by atoms with Gasteiger partial charge in [0.05, 0.1) is 11.1 Å². The first-order valence-corrected chi connectivity index (χ1v) is 12.5. The Hall–Kier alpha value is -1.84. The molecule has 3 rings (SSSR count). The van der Waals surface area contributed by atoms with E-state index in [1.54, 1.807) is 24.3 Å². The summed E-state index contributed by atoms with van der Waals surface area (Å²) in [6, 6.07) is 6.71. The lowest BCUT2D eigenvalue weighted by Crippen LogP contribution is -2.30. The van der Waals surface area contributed by atoms with E-state index in [0.717, 1.165) is 51.4 Å². The number of esters is 2. The summed E-state index contributed by atoms with van der Waals surface area (Å²) in [6.07, 6.45) is 8.10. The van der Waals surface area contributed by atoms with Crippen LogP contribution in [-0.4, -0.2) is 24.1 Å². The zero-order valence-corrected chi connectivity index (χ0v) is 20.9. The quantitative estimate of drug-likeness (QED) is 0.462. The molecule has 2 saturated carbocycles. The highest BCUT2D eigenvalue weighted by molar-refractivity contribution is 5.93. The molecule has 0 aliphatic heterocycles. The topological polar surface area (TPSA) is 52.6 Å². The fourth-order valence-electron chi connectivity index (χ4n) is 5.27. The molecule has 2 fully saturated rings. The fraction of sp³-hybridized carbons (Fsp3) is 0.714. The van der Waals surface area contributed by atoms with E-state index in [4.69, 9.17) is 9.47 Å². The molecule has 0 aromatic heterocycles.